The van der Waals surface area contributed by atoms with Gasteiger partial charge in [0.2, 0.25) is 17.7 Å². The number of piperidine rings is 2. The number of methoxy groups -OCH3 is 2. The van der Waals surface area contributed by atoms with Crippen molar-refractivity contribution in [1.82, 2.24) is 34.8 Å². The molecule has 1 aromatic heterocycles. The summed E-state index contributed by atoms with van der Waals surface area (Å²) in [5.41, 5.74) is 3.98. The summed E-state index contributed by atoms with van der Waals surface area (Å²) < 4.78 is 25.8. The van der Waals surface area contributed by atoms with Crippen LogP contribution in [-0.2, 0) is 50.5 Å². The lowest BCUT2D eigenvalue weighted by molar-refractivity contribution is -0.159. The number of unbranched alkanes of at least 4 members (excludes halogenated alkanes) is 1. The van der Waals surface area contributed by atoms with Crippen molar-refractivity contribution in [2.75, 3.05) is 67.2 Å². The highest BCUT2D eigenvalue weighted by atomic mass is 16.5. The number of fused-ring (bicyclic) bond motifs is 2. The van der Waals surface area contributed by atoms with Crippen LogP contribution < -0.4 is 30.4 Å². The molecule has 2 aromatic carbocycles. The van der Waals surface area contributed by atoms with Crippen molar-refractivity contribution in [3.05, 3.63) is 74.7 Å². The molecule has 3 fully saturated rings. The lowest BCUT2D eigenvalue weighted by Crippen LogP contribution is -2.57. The number of aryl methyl sites for hydroxylation is 1. The SMILES string of the molecule is CNC(=O)N1CCc2c(-c3cc(OC)c(CN4CCC5(CC4)CN(C(=O)CCCCOc4ccc6c(c4)C(=O)N(C4CCC(=O)NC4=O)C6=O)CCO5)c(OC)c3)cn(C)c(=O)c2C1.O=CO. The van der Waals surface area contributed by atoms with Gasteiger partial charge in [0.05, 0.1) is 56.3 Å². The van der Waals surface area contributed by atoms with Crippen LogP contribution in [0, 0.1) is 0 Å². The maximum atomic E-state index is 13.4. The number of nitrogens with zero attached hydrogens (tertiary/aromatic N) is 5. The van der Waals surface area contributed by atoms with E-state index in [-0.39, 0.29) is 54.5 Å². The molecule has 7 amide bonds. The summed E-state index contributed by atoms with van der Waals surface area (Å²) in [5, 5.41) is 11.7. The average Bonchev–Trinajstić information content (AvgIpc) is 3.57. The van der Waals surface area contributed by atoms with Gasteiger partial charge in [-0.15, -0.1) is 0 Å². The number of carbonyl (C=O) groups is 7. The fourth-order valence-electron chi connectivity index (χ4n) is 9.64. The minimum atomic E-state index is -1.04. The van der Waals surface area contributed by atoms with Gasteiger partial charge in [-0.05, 0) is 80.0 Å². The standard InChI is InChI=1S/C46H55N7O11.CH2O2/c1-47-45(60)51-15-12-30-33(24-49(2)42(57)34(30)26-51)28-21-37(61-3)35(38(22-28)62-4)25-50-16-13-46(14-17-50)27-52(18-20-64-46)40(55)7-5-6-19-63-29-8-9-31-32(23-29)44(59)53(43(31)58)36-10-11-39(54)48-41(36)56;2-1-3/h8-9,21-24,36H,5-7,10-20,25-27H2,1-4H3,(H,47,60)(H,48,54,56);1H,(H,2,3). The minimum Gasteiger partial charge on any atom is -0.496 e. The summed E-state index contributed by atoms with van der Waals surface area (Å²) >= 11 is 0. The van der Waals surface area contributed by atoms with Gasteiger partial charge < -0.3 is 43.7 Å². The second-order valence-electron chi connectivity index (χ2n) is 17.2. The molecule has 1 spiro atoms. The third-order valence-electron chi connectivity index (χ3n) is 13.2. The molecule has 0 radical (unpaired) electrons. The van der Waals surface area contributed by atoms with Crippen LogP contribution in [0.5, 0.6) is 17.2 Å². The van der Waals surface area contributed by atoms with Crippen molar-refractivity contribution in [1.29, 1.82) is 0 Å². The molecule has 5 aliphatic heterocycles. The molecule has 0 aliphatic carbocycles. The number of pyridine rings is 1. The summed E-state index contributed by atoms with van der Waals surface area (Å²) in [7, 11) is 6.59. The second-order valence-corrected chi connectivity index (χ2v) is 17.2. The van der Waals surface area contributed by atoms with Gasteiger partial charge in [-0.25, -0.2) is 4.79 Å². The van der Waals surface area contributed by atoms with Crippen molar-refractivity contribution in [2.24, 2.45) is 7.05 Å². The number of amides is 7. The van der Waals surface area contributed by atoms with Gasteiger partial charge in [-0.2, -0.15) is 0 Å². The largest absolute Gasteiger partial charge is 0.496 e. The first kappa shape index (κ1) is 48.1. The molecule has 0 saturated carbocycles. The quantitative estimate of drug-likeness (QED) is 0.134. The molecule has 20 heteroatoms. The van der Waals surface area contributed by atoms with Crippen LogP contribution in [0.1, 0.15) is 82.4 Å². The molecule has 6 heterocycles. The van der Waals surface area contributed by atoms with Crippen LogP contribution in [0.15, 0.2) is 41.3 Å². The minimum absolute atomic E-state index is 0.0473. The number of carboxylic acid groups (broad SMARTS) is 1. The molecule has 5 aliphatic rings. The molecule has 1 unspecified atom stereocenters. The van der Waals surface area contributed by atoms with Crippen molar-refractivity contribution >= 4 is 42.0 Å². The number of aromatic nitrogens is 1. The summed E-state index contributed by atoms with van der Waals surface area (Å²) in [6.45, 7) is 4.40. The van der Waals surface area contributed by atoms with Gasteiger partial charge in [0.25, 0.3) is 23.8 Å². The number of urea groups is 1. The Labute approximate surface area is 387 Å². The molecular weight excluding hydrogens is 871 g/mol. The number of likely N-dealkylation sites (tertiary alicyclic amines) is 1. The fourth-order valence-corrected chi connectivity index (χ4v) is 9.64. The highest BCUT2D eigenvalue weighted by molar-refractivity contribution is 6.23. The first-order valence-electron chi connectivity index (χ1n) is 22.4. The number of ether oxygens (including phenoxy) is 4. The highest BCUT2D eigenvalue weighted by Crippen LogP contribution is 2.40. The Morgan fingerprint density at radius 1 is 0.910 bits per heavy atom. The Balaban J connectivity index is 0.00000216. The van der Waals surface area contributed by atoms with Crippen molar-refractivity contribution in [3.8, 4) is 28.4 Å². The van der Waals surface area contributed by atoms with Crippen LogP contribution in [0.2, 0.25) is 0 Å². The normalized spacial score (nSPS) is 18.9. The van der Waals surface area contributed by atoms with Crippen molar-refractivity contribution < 1.29 is 57.6 Å². The first-order chi connectivity index (χ1) is 32.2. The first-order valence-corrected chi connectivity index (χ1v) is 22.4. The smallest absolute Gasteiger partial charge is 0.317 e. The van der Waals surface area contributed by atoms with Gasteiger partial charge in [0.15, 0.2) is 0 Å². The number of hydrogen-bond acceptors (Lipinski definition) is 13. The number of rotatable bonds is 12. The summed E-state index contributed by atoms with van der Waals surface area (Å²) in [4.78, 5) is 104. The van der Waals surface area contributed by atoms with Gasteiger partial charge in [0, 0.05) is 83.5 Å². The van der Waals surface area contributed by atoms with E-state index in [2.05, 4.69) is 15.5 Å². The molecule has 20 nitrogen and oxygen atoms in total. The van der Waals surface area contributed by atoms with Gasteiger partial charge >= 0.3 is 6.03 Å². The average molecular weight is 928 g/mol. The Morgan fingerprint density at radius 3 is 2.28 bits per heavy atom. The van der Waals surface area contributed by atoms with Crippen molar-refractivity contribution in [3.63, 3.8) is 0 Å². The number of benzene rings is 2. The third-order valence-corrected chi connectivity index (χ3v) is 13.2. The zero-order valence-corrected chi connectivity index (χ0v) is 38.2. The van der Waals surface area contributed by atoms with E-state index >= 15 is 0 Å². The number of nitrogens with one attached hydrogen (secondary N) is 2. The van der Waals surface area contributed by atoms with Crippen molar-refractivity contribution in [2.45, 2.75) is 76.1 Å². The van der Waals surface area contributed by atoms with Gasteiger partial charge in [0.1, 0.15) is 23.3 Å². The summed E-state index contributed by atoms with van der Waals surface area (Å²) in [6.07, 6.45) is 5.59. The molecule has 0 bridgehead atoms. The van der Waals surface area contributed by atoms with E-state index in [1.54, 1.807) is 43.8 Å². The predicted molar refractivity (Wildman–Crippen MR) is 240 cm³/mol. The van der Waals surface area contributed by atoms with Crippen LogP contribution in [0.25, 0.3) is 11.1 Å². The van der Waals surface area contributed by atoms with Crippen LogP contribution in [0.3, 0.4) is 0 Å². The molecule has 358 valence electrons. The molecular formula is C47H57N7O13. The monoisotopic (exact) mass is 927 g/mol. The lowest BCUT2D eigenvalue weighted by Gasteiger charge is -2.47. The number of imide groups is 2. The van der Waals surface area contributed by atoms with Crippen LogP contribution in [0.4, 0.5) is 4.79 Å². The molecule has 3 aromatic rings. The number of carbonyl (C=O) groups excluding carboxylic acids is 6. The van der Waals surface area contributed by atoms with E-state index < -0.39 is 35.3 Å². The Bertz CT molecular complexity index is 2470. The van der Waals surface area contributed by atoms with Crippen LogP contribution >= 0.6 is 0 Å². The lowest BCUT2D eigenvalue weighted by atomic mass is 9.88. The van der Waals surface area contributed by atoms with E-state index in [1.807, 2.05) is 23.2 Å². The molecule has 67 heavy (non-hydrogen) atoms. The second kappa shape index (κ2) is 20.8. The van der Waals surface area contributed by atoms with E-state index in [1.165, 1.54) is 12.1 Å². The predicted octanol–water partition coefficient (Wildman–Crippen LogP) is 2.31. The van der Waals surface area contributed by atoms with Gasteiger partial charge in [-0.3, -0.25) is 48.7 Å². The van der Waals surface area contributed by atoms with Gasteiger partial charge in [-0.1, -0.05) is 0 Å². The summed E-state index contributed by atoms with van der Waals surface area (Å²) in [5.74, 6) is -0.435. The topological polar surface area (TPSA) is 236 Å². The Kier molecular flexibility index (Phi) is 14.9. The Morgan fingerprint density at radius 2 is 1.61 bits per heavy atom. The Hall–Kier alpha value is -6.80. The van der Waals surface area contributed by atoms with E-state index in [0.717, 1.165) is 53.1 Å². The zero-order chi connectivity index (χ0) is 48.0. The third kappa shape index (κ3) is 10.1. The molecule has 3 saturated heterocycles. The van der Waals surface area contributed by atoms with E-state index in [9.17, 15) is 33.6 Å². The maximum Gasteiger partial charge on any atom is 0.317 e. The highest BCUT2D eigenvalue weighted by Gasteiger charge is 2.45. The molecule has 3 N–H and O–H groups in total. The fraction of sp³-hybridized carbons (Fsp3) is 0.489. The summed E-state index contributed by atoms with van der Waals surface area (Å²) in [6, 6.07) is 7.36. The molecule has 8 rings (SSSR count). The maximum absolute atomic E-state index is 13.4. The number of hydrogen-bond donors (Lipinski definition) is 3. The zero-order valence-electron chi connectivity index (χ0n) is 38.2. The van der Waals surface area contributed by atoms with E-state index in [4.69, 9.17) is 28.8 Å². The number of morpholine rings is 1. The molecule has 1 atom stereocenters. The van der Waals surface area contributed by atoms with E-state index in [0.29, 0.717) is 87.9 Å². The van der Waals surface area contributed by atoms with Crippen LogP contribution in [-0.4, -0.2) is 150 Å².